The molecule has 0 spiro atoms. The summed E-state index contributed by atoms with van der Waals surface area (Å²) in [6.45, 7) is 4.79. The smallest absolute Gasteiger partial charge is 0.462 e. The third-order valence-corrected chi connectivity index (χ3v) is 19.6. The minimum Gasteiger partial charge on any atom is -0.462 e. The molecule has 5 unspecified atom stereocenters. The van der Waals surface area contributed by atoms with Gasteiger partial charge in [0, 0.05) is 25.7 Å². The fourth-order valence-corrected chi connectivity index (χ4v) is 13.0. The molecule has 19 heteroatoms. The number of phosphoric acid groups is 2. The molecule has 0 saturated carbocycles. The fraction of sp³-hybridized carbons (Fsp3) is 0.807. The van der Waals surface area contributed by atoms with Gasteiger partial charge in [0.25, 0.3) is 0 Å². The molecule has 0 aromatic heterocycles. The van der Waals surface area contributed by atoms with Gasteiger partial charge < -0.3 is 33.8 Å². The number of unbranched alkanes of at least 4 members (excludes halogenated alkanes) is 40. The molecule has 0 fully saturated rings. The SMILES string of the molecule is CC/C=C\C/C=C\C/C=C\C/C=C\CCCCCCCCC(=O)OCC(COP(=O)(O)OCC(O)COP(=O)(O)OCC(COC(=O)CCCCCCCCCCCCCCCCC)OC(=O)CCCCCCCCCCCCCCC)OC(=O)CCCCCCC/C=C\C/C=C\CCCCC. The summed E-state index contributed by atoms with van der Waals surface area (Å²) in [4.78, 5) is 73.1. The van der Waals surface area contributed by atoms with Crippen LogP contribution in [0, 0.1) is 0 Å². The van der Waals surface area contributed by atoms with Gasteiger partial charge in [-0.25, -0.2) is 9.13 Å². The van der Waals surface area contributed by atoms with Crippen LogP contribution in [0.3, 0.4) is 0 Å². The van der Waals surface area contributed by atoms with E-state index < -0.39 is 97.5 Å². The Bertz CT molecular complexity index is 2210. The van der Waals surface area contributed by atoms with Gasteiger partial charge in [0.05, 0.1) is 26.4 Å². The second kappa shape index (κ2) is 75.7. The van der Waals surface area contributed by atoms with Gasteiger partial charge in [-0.1, -0.05) is 325 Å². The third kappa shape index (κ3) is 74.8. The van der Waals surface area contributed by atoms with Crippen molar-refractivity contribution in [2.45, 2.75) is 393 Å². The molecule has 0 rings (SSSR count). The predicted molar refractivity (Wildman–Crippen MR) is 418 cm³/mol. The topological polar surface area (TPSA) is 237 Å². The standard InChI is InChI=1S/C83H150O17P2/c1-5-9-13-17-21-25-29-33-36-37-38-39-42-45-48-52-56-60-64-68-81(86)94-74-79(100-83(88)70-66-62-58-54-50-46-41-35-31-27-23-19-15-11-7-3)76-98-102(91,92)96-72-77(84)71-95-101(89,90)97-75-78(99-82(87)69-65-61-57-53-49-43-32-28-24-20-16-12-8-4)73-93-80(85)67-63-59-55-51-47-44-40-34-30-26-22-18-14-10-6-2/h9,13,21,23,25,27,33,35-36,38-39,41,77-79,84H,5-8,10-12,14-20,22,24,26,28-32,34,37,40,42-76H2,1-4H3,(H,89,90)(H,91,92)/b13-9-,25-21-,27-23-,36-33-,39-38-,41-35-. The summed E-state index contributed by atoms with van der Waals surface area (Å²) in [6.07, 6.45) is 77.2. The molecule has 102 heavy (non-hydrogen) atoms. The first-order chi connectivity index (χ1) is 49.7. The fourth-order valence-electron chi connectivity index (χ4n) is 11.4. The average molecular weight is 1480 g/mol. The lowest BCUT2D eigenvalue weighted by Crippen LogP contribution is -2.30. The van der Waals surface area contributed by atoms with E-state index in [0.717, 1.165) is 154 Å². The van der Waals surface area contributed by atoms with Gasteiger partial charge >= 0.3 is 39.5 Å². The van der Waals surface area contributed by atoms with E-state index in [1.807, 2.05) is 0 Å². The van der Waals surface area contributed by atoms with Gasteiger partial charge in [-0.2, -0.15) is 0 Å². The number of carbonyl (C=O) groups is 4. The van der Waals surface area contributed by atoms with Gasteiger partial charge in [-0.15, -0.1) is 0 Å². The molecule has 0 amide bonds. The van der Waals surface area contributed by atoms with Crippen molar-refractivity contribution in [2.24, 2.45) is 0 Å². The molecule has 0 radical (unpaired) electrons. The zero-order valence-corrected chi connectivity index (χ0v) is 66.8. The number of esters is 4. The Morgan fingerprint density at radius 3 is 0.804 bits per heavy atom. The molecule has 0 aliphatic rings. The van der Waals surface area contributed by atoms with Gasteiger partial charge in [0.1, 0.15) is 19.3 Å². The number of allylic oxidation sites excluding steroid dienone is 12. The van der Waals surface area contributed by atoms with E-state index in [2.05, 4.69) is 101 Å². The minimum absolute atomic E-state index is 0.0781. The highest BCUT2D eigenvalue weighted by molar-refractivity contribution is 7.47. The summed E-state index contributed by atoms with van der Waals surface area (Å²) in [5.74, 6) is -2.17. The molecular formula is C83H150O17P2. The quantitative estimate of drug-likeness (QED) is 0.0169. The highest BCUT2D eigenvalue weighted by Gasteiger charge is 2.30. The molecule has 594 valence electrons. The Morgan fingerprint density at radius 1 is 0.284 bits per heavy atom. The molecule has 17 nitrogen and oxygen atoms in total. The number of phosphoric ester groups is 2. The predicted octanol–water partition coefficient (Wildman–Crippen LogP) is 24.0. The van der Waals surface area contributed by atoms with Crippen LogP contribution in [0.1, 0.15) is 374 Å². The normalized spacial score (nSPS) is 14.2. The molecule has 3 N–H and O–H groups in total. The van der Waals surface area contributed by atoms with Crippen LogP contribution in [0.5, 0.6) is 0 Å². The Hall–Kier alpha value is -3.50. The summed E-state index contributed by atoms with van der Waals surface area (Å²) < 4.78 is 68.7. The zero-order valence-electron chi connectivity index (χ0n) is 65.0. The minimum atomic E-state index is -4.98. The van der Waals surface area contributed by atoms with Crippen LogP contribution in [-0.4, -0.2) is 96.7 Å². The summed E-state index contributed by atoms with van der Waals surface area (Å²) in [6, 6.07) is 0. The van der Waals surface area contributed by atoms with Gasteiger partial charge in [-0.05, 0) is 96.3 Å². The number of carbonyl (C=O) groups excluding carboxylic acids is 4. The Balaban J connectivity index is 5.33. The molecule has 0 aliphatic carbocycles. The highest BCUT2D eigenvalue weighted by atomic mass is 31.2. The maximum atomic E-state index is 13.1. The number of rotatable bonds is 78. The van der Waals surface area contributed by atoms with Crippen molar-refractivity contribution in [3.8, 4) is 0 Å². The number of hydrogen-bond donors (Lipinski definition) is 3. The van der Waals surface area contributed by atoms with Crippen LogP contribution >= 0.6 is 15.6 Å². The second-order valence-corrected chi connectivity index (χ2v) is 30.6. The highest BCUT2D eigenvalue weighted by Crippen LogP contribution is 2.45. The second-order valence-electron chi connectivity index (χ2n) is 27.7. The van der Waals surface area contributed by atoms with Crippen molar-refractivity contribution in [3.05, 3.63) is 72.9 Å². The lowest BCUT2D eigenvalue weighted by atomic mass is 10.0. The van der Waals surface area contributed by atoms with Crippen LogP contribution in [-0.2, 0) is 65.4 Å². The average Bonchev–Trinajstić information content (AvgIpc) is 0.924. The van der Waals surface area contributed by atoms with E-state index in [1.54, 1.807) is 0 Å². The van der Waals surface area contributed by atoms with Crippen molar-refractivity contribution in [1.29, 1.82) is 0 Å². The molecule has 0 heterocycles. The van der Waals surface area contributed by atoms with Crippen LogP contribution < -0.4 is 0 Å². The van der Waals surface area contributed by atoms with Crippen LogP contribution in [0.2, 0.25) is 0 Å². The van der Waals surface area contributed by atoms with Gasteiger partial charge in [-0.3, -0.25) is 37.3 Å². The summed E-state index contributed by atoms with van der Waals surface area (Å²) in [7, 11) is -9.95. The maximum Gasteiger partial charge on any atom is 0.472 e. The van der Waals surface area contributed by atoms with Gasteiger partial charge in [0.2, 0.25) is 0 Å². The number of aliphatic hydroxyl groups excluding tert-OH is 1. The van der Waals surface area contributed by atoms with Crippen molar-refractivity contribution in [1.82, 2.24) is 0 Å². The lowest BCUT2D eigenvalue weighted by Gasteiger charge is -2.21. The van der Waals surface area contributed by atoms with Crippen LogP contribution in [0.4, 0.5) is 0 Å². The monoisotopic (exact) mass is 1480 g/mol. The lowest BCUT2D eigenvalue weighted by molar-refractivity contribution is -0.161. The largest absolute Gasteiger partial charge is 0.472 e. The van der Waals surface area contributed by atoms with Crippen LogP contribution in [0.15, 0.2) is 72.9 Å². The van der Waals surface area contributed by atoms with Crippen molar-refractivity contribution >= 4 is 39.5 Å². The van der Waals surface area contributed by atoms with Crippen molar-refractivity contribution < 1.29 is 80.2 Å². The number of hydrogen-bond acceptors (Lipinski definition) is 15. The molecular weight excluding hydrogens is 1330 g/mol. The zero-order chi connectivity index (χ0) is 74.6. The summed E-state index contributed by atoms with van der Waals surface area (Å²) in [5.41, 5.74) is 0. The third-order valence-electron chi connectivity index (χ3n) is 17.7. The number of ether oxygens (including phenoxy) is 4. The summed E-state index contributed by atoms with van der Waals surface area (Å²) >= 11 is 0. The van der Waals surface area contributed by atoms with E-state index >= 15 is 0 Å². The Labute approximate surface area is 622 Å². The first-order valence-corrected chi connectivity index (χ1v) is 44.2. The van der Waals surface area contributed by atoms with E-state index in [4.69, 9.17) is 37.0 Å². The van der Waals surface area contributed by atoms with E-state index in [0.29, 0.717) is 25.7 Å². The Kier molecular flexibility index (Phi) is 73.1. The molecule has 0 aliphatic heterocycles. The van der Waals surface area contributed by atoms with Crippen LogP contribution in [0.25, 0.3) is 0 Å². The number of aliphatic hydroxyl groups is 1. The maximum absolute atomic E-state index is 13.1. The molecule has 5 atom stereocenters. The van der Waals surface area contributed by atoms with Crippen molar-refractivity contribution in [3.63, 3.8) is 0 Å². The summed E-state index contributed by atoms with van der Waals surface area (Å²) in [5, 5.41) is 10.6. The molecule has 0 aromatic carbocycles. The molecule has 0 aromatic rings. The van der Waals surface area contributed by atoms with Crippen molar-refractivity contribution in [2.75, 3.05) is 39.6 Å². The van der Waals surface area contributed by atoms with E-state index in [1.165, 1.54) is 141 Å². The molecule has 0 bridgehead atoms. The van der Waals surface area contributed by atoms with E-state index in [9.17, 15) is 43.2 Å². The molecule has 0 saturated heterocycles. The Morgan fingerprint density at radius 2 is 0.510 bits per heavy atom. The first-order valence-electron chi connectivity index (χ1n) is 41.2. The first kappa shape index (κ1) is 98.5. The van der Waals surface area contributed by atoms with E-state index in [-0.39, 0.29) is 25.7 Å². The van der Waals surface area contributed by atoms with Gasteiger partial charge in [0.15, 0.2) is 12.2 Å².